The van der Waals surface area contributed by atoms with Crippen LogP contribution in [-0.4, -0.2) is 18.1 Å². The first kappa shape index (κ1) is 20.1. The minimum Gasteiger partial charge on any atom is -0.428 e. The molecular formula is C24H24FO2P. The zero-order valence-electron chi connectivity index (χ0n) is 15.9. The third-order valence-corrected chi connectivity index (χ3v) is 8.49. The number of alkyl halides is 1. The molecule has 0 aliphatic rings. The molecule has 0 aromatic heterocycles. The summed E-state index contributed by atoms with van der Waals surface area (Å²) in [6.07, 6.45) is -0.768. The largest absolute Gasteiger partial charge is 0.428 e. The number of ether oxygens (including phenoxy) is 1. The fraction of sp³-hybridized carbons (Fsp3) is 0.167. The van der Waals surface area contributed by atoms with Gasteiger partial charge in [0.1, 0.15) is 0 Å². The summed E-state index contributed by atoms with van der Waals surface area (Å²) in [5, 5.41) is 3.07. The van der Waals surface area contributed by atoms with E-state index in [2.05, 4.69) is 0 Å². The summed E-state index contributed by atoms with van der Waals surface area (Å²) >= 11 is 0. The predicted octanol–water partition coefficient (Wildman–Crippen LogP) is 4.42. The van der Waals surface area contributed by atoms with E-state index in [0.29, 0.717) is 6.42 Å². The van der Waals surface area contributed by atoms with Crippen molar-refractivity contribution in [3.8, 4) is 0 Å². The Morgan fingerprint density at radius 2 is 1.25 bits per heavy atom. The molecule has 1 atom stereocenters. The lowest BCUT2D eigenvalue weighted by Gasteiger charge is -2.28. The fourth-order valence-electron chi connectivity index (χ4n) is 3.26. The molecule has 2 nitrogen and oxygen atoms in total. The summed E-state index contributed by atoms with van der Waals surface area (Å²) < 4.78 is 19.1. The van der Waals surface area contributed by atoms with Crippen molar-refractivity contribution < 1.29 is 13.9 Å². The molecule has 0 spiro atoms. The first-order valence-electron chi connectivity index (χ1n) is 9.43. The van der Waals surface area contributed by atoms with E-state index in [-0.39, 0.29) is 6.42 Å². The highest BCUT2D eigenvalue weighted by Crippen LogP contribution is 2.43. The molecule has 0 aliphatic heterocycles. The lowest BCUT2D eigenvalue weighted by atomic mass is 10.3. The van der Waals surface area contributed by atoms with E-state index in [9.17, 15) is 9.18 Å². The van der Waals surface area contributed by atoms with Gasteiger partial charge in [-0.1, -0.05) is 97.9 Å². The van der Waals surface area contributed by atoms with Gasteiger partial charge < -0.3 is 4.74 Å². The van der Waals surface area contributed by atoms with Crippen LogP contribution in [0.3, 0.4) is 0 Å². The molecule has 0 saturated heterocycles. The number of hydrogen-bond acceptors (Lipinski definition) is 2. The second-order valence-electron chi connectivity index (χ2n) is 6.49. The van der Waals surface area contributed by atoms with Crippen LogP contribution in [0.15, 0.2) is 91.0 Å². The van der Waals surface area contributed by atoms with Crippen molar-refractivity contribution in [2.45, 2.75) is 26.1 Å². The van der Waals surface area contributed by atoms with Crippen LogP contribution in [0.5, 0.6) is 0 Å². The molecule has 0 amide bonds. The molecule has 0 fully saturated rings. The van der Waals surface area contributed by atoms with E-state index in [4.69, 9.17) is 4.74 Å². The predicted molar refractivity (Wildman–Crippen MR) is 117 cm³/mol. The Morgan fingerprint density at radius 1 is 0.857 bits per heavy atom. The van der Waals surface area contributed by atoms with Gasteiger partial charge in [0, 0.05) is 12.2 Å². The summed E-state index contributed by atoms with van der Waals surface area (Å²) in [6.45, 7) is -0.590. The highest BCUT2D eigenvalue weighted by atomic mass is 31.2. The van der Waals surface area contributed by atoms with E-state index in [1.54, 1.807) is 5.80 Å². The third-order valence-electron chi connectivity index (χ3n) is 4.55. The Balaban J connectivity index is 2.25. The molecule has 0 radical (unpaired) electrons. The quantitative estimate of drug-likeness (QED) is 0.438. The number of rotatable bonds is 7. The lowest BCUT2D eigenvalue weighted by Crippen LogP contribution is -2.29. The van der Waals surface area contributed by atoms with Crippen molar-refractivity contribution in [1.29, 1.82) is 0 Å². The van der Waals surface area contributed by atoms with E-state index >= 15 is 0 Å². The lowest BCUT2D eigenvalue weighted by molar-refractivity contribution is -0.148. The molecule has 0 N–H and O–H groups in total. The Bertz CT molecular complexity index is 837. The van der Waals surface area contributed by atoms with Gasteiger partial charge in [-0.3, -0.25) is 0 Å². The third kappa shape index (κ3) is 4.43. The first-order chi connectivity index (χ1) is 13.7. The number of carbonyl (C=O) groups is 1. The Labute approximate surface area is 166 Å². The first-order valence-corrected chi connectivity index (χ1v) is 11.3. The molecule has 0 saturated carbocycles. The molecule has 3 rings (SSSR count). The van der Waals surface area contributed by atoms with Crippen LogP contribution in [-0.2, 0) is 9.53 Å². The van der Waals surface area contributed by atoms with Gasteiger partial charge in [0.25, 0.3) is 0 Å². The SMILES string of the molecule is CCCC(F)OC(=O)C=P(c1ccccc1)(c1ccccc1)c1ccccc1. The number of carbonyl (C=O) groups excluding carboxylic acids is 1. The molecule has 3 aromatic carbocycles. The van der Waals surface area contributed by atoms with Gasteiger partial charge >= 0.3 is 5.97 Å². The minimum absolute atomic E-state index is 0.201. The zero-order chi connectivity index (χ0) is 19.8. The van der Waals surface area contributed by atoms with Crippen molar-refractivity contribution >= 4 is 34.6 Å². The number of benzene rings is 3. The van der Waals surface area contributed by atoms with Crippen LogP contribution < -0.4 is 15.9 Å². The molecule has 0 bridgehead atoms. The van der Waals surface area contributed by atoms with Gasteiger partial charge in [-0.25, -0.2) is 9.18 Å². The van der Waals surface area contributed by atoms with Gasteiger partial charge in [0.05, 0.1) is 0 Å². The van der Waals surface area contributed by atoms with Crippen LogP contribution in [0.1, 0.15) is 19.8 Å². The Hall–Kier alpha value is -2.64. The molecule has 28 heavy (non-hydrogen) atoms. The fourth-order valence-corrected chi connectivity index (χ4v) is 6.91. The van der Waals surface area contributed by atoms with Crippen molar-refractivity contribution in [2.24, 2.45) is 0 Å². The molecule has 0 heterocycles. The molecule has 4 heteroatoms. The summed E-state index contributed by atoms with van der Waals surface area (Å²) in [4.78, 5) is 12.8. The number of halogens is 1. The highest BCUT2D eigenvalue weighted by Gasteiger charge is 2.27. The second-order valence-corrected chi connectivity index (χ2v) is 9.75. The van der Waals surface area contributed by atoms with Crippen molar-refractivity contribution in [3.05, 3.63) is 91.0 Å². The van der Waals surface area contributed by atoms with E-state index < -0.39 is 19.2 Å². The van der Waals surface area contributed by atoms with Crippen LogP contribution in [0.2, 0.25) is 0 Å². The maximum atomic E-state index is 14.0. The molecule has 144 valence electrons. The van der Waals surface area contributed by atoms with Crippen molar-refractivity contribution in [1.82, 2.24) is 0 Å². The van der Waals surface area contributed by atoms with Gasteiger partial charge in [-0.2, -0.15) is 0 Å². The molecular weight excluding hydrogens is 370 g/mol. The summed E-state index contributed by atoms with van der Waals surface area (Å²) in [5.41, 5.74) is 0. The van der Waals surface area contributed by atoms with Gasteiger partial charge in [-0.15, -0.1) is 0 Å². The monoisotopic (exact) mass is 394 g/mol. The summed E-state index contributed by atoms with van der Waals surface area (Å²) in [5.74, 6) is 0.987. The maximum absolute atomic E-state index is 14.0. The molecule has 1 unspecified atom stereocenters. The van der Waals surface area contributed by atoms with Gasteiger partial charge in [0.15, 0.2) is 0 Å². The van der Waals surface area contributed by atoms with E-state index in [0.717, 1.165) is 15.9 Å². The summed E-state index contributed by atoms with van der Waals surface area (Å²) in [6, 6.07) is 29.8. The van der Waals surface area contributed by atoms with E-state index in [1.165, 1.54) is 0 Å². The highest BCUT2D eigenvalue weighted by molar-refractivity contribution is 7.95. The number of esters is 1. The van der Waals surface area contributed by atoms with Crippen LogP contribution in [0, 0.1) is 0 Å². The summed E-state index contributed by atoms with van der Waals surface area (Å²) in [7, 11) is 0. The van der Waals surface area contributed by atoms with Gasteiger partial charge in [-0.05, 0) is 29.2 Å². The van der Waals surface area contributed by atoms with Crippen LogP contribution in [0.25, 0.3) is 0 Å². The van der Waals surface area contributed by atoms with Crippen LogP contribution in [0.4, 0.5) is 4.39 Å². The smallest absolute Gasteiger partial charge is 0.334 e. The van der Waals surface area contributed by atoms with Crippen molar-refractivity contribution in [2.75, 3.05) is 0 Å². The zero-order valence-corrected chi connectivity index (χ0v) is 16.8. The second kappa shape index (κ2) is 9.52. The van der Waals surface area contributed by atoms with Crippen LogP contribution >= 0.6 is 6.89 Å². The normalized spacial score (nSPS) is 12.2. The van der Waals surface area contributed by atoms with Gasteiger partial charge in [0.2, 0.25) is 6.36 Å². The Morgan fingerprint density at radius 3 is 1.61 bits per heavy atom. The van der Waals surface area contributed by atoms with Crippen molar-refractivity contribution in [3.63, 3.8) is 0 Å². The molecule has 0 aliphatic carbocycles. The standard InChI is InChI=1S/C24H24FO2P/c1-2-12-23(25)27-24(26)19-28(20-13-6-3-7-14-20,21-15-8-4-9-16-21)22-17-10-5-11-18-22/h3-11,13-19,23H,2,12H2,1H3. The average Bonchev–Trinajstić information content (AvgIpc) is 2.74. The molecule has 3 aromatic rings. The average molecular weight is 394 g/mol. The maximum Gasteiger partial charge on any atom is 0.334 e. The van der Waals surface area contributed by atoms with E-state index in [1.807, 2.05) is 97.9 Å². The Kier molecular flexibility index (Phi) is 6.84. The number of hydrogen-bond donors (Lipinski definition) is 0. The topological polar surface area (TPSA) is 26.3 Å². The minimum atomic E-state index is -2.45.